The lowest BCUT2D eigenvalue weighted by molar-refractivity contribution is -0.139. The molecule has 1 unspecified atom stereocenters. The summed E-state index contributed by atoms with van der Waals surface area (Å²) in [5.41, 5.74) is 5.30. The Bertz CT molecular complexity index is 446. The number of hydrogen-bond donors (Lipinski definition) is 1. The first kappa shape index (κ1) is 16.0. The van der Waals surface area contributed by atoms with Crippen molar-refractivity contribution in [2.45, 2.75) is 37.4 Å². The van der Waals surface area contributed by atoms with Gasteiger partial charge in [0.05, 0.1) is 5.25 Å². The normalized spacial score (nSPS) is 29.7. The molecule has 0 aromatic carbocycles. The molecule has 2 aliphatic rings. The molecule has 1 aliphatic heterocycles. The molecule has 6 nitrogen and oxygen atoms in total. The monoisotopic (exact) mass is 312 g/mol. The van der Waals surface area contributed by atoms with Crippen LogP contribution in [0.15, 0.2) is 0 Å². The molecule has 0 radical (unpaired) electrons. The van der Waals surface area contributed by atoms with E-state index in [-0.39, 0.29) is 41.7 Å². The van der Waals surface area contributed by atoms with Crippen molar-refractivity contribution in [2.75, 3.05) is 12.3 Å². The standard InChI is InChI=1S/C14H20N2O4S/c15-13(19)10-3-1-9(2-4-10)8-16-12(18)7-11(14(16)20)21-6-5-17/h5,9-11H,1-4,6-8H2,(H2,15,19). The fraction of sp³-hybridized carbons (Fsp3) is 0.714. The first-order valence-electron chi connectivity index (χ1n) is 7.21. The number of nitrogens with zero attached hydrogens (tertiary/aromatic N) is 1. The van der Waals surface area contributed by atoms with Gasteiger partial charge in [-0.2, -0.15) is 0 Å². The topological polar surface area (TPSA) is 97.5 Å². The molecule has 2 N–H and O–H groups in total. The highest BCUT2D eigenvalue weighted by Crippen LogP contribution is 2.32. The second kappa shape index (κ2) is 7.06. The summed E-state index contributed by atoms with van der Waals surface area (Å²) in [6.07, 6.45) is 4.04. The number of hydrogen-bond acceptors (Lipinski definition) is 5. The van der Waals surface area contributed by atoms with Crippen molar-refractivity contribution in [3.8, 4) is 0 Å². The first-order chi connectivity index (χ1) is 10.0. The fourth-order valence-corrected chi connectivity index (χ4v) is 3.86. The fourth-order valence-electron chi connectivity index (χ4n) is 3.02. The van der Waals surface area contributed by atoms with Crippen LogP contribution in [0.3, 0.4) is 0 Å². The Balaban J connectivity index is 1.86. The number of thioether (sulfide) groups is 1. The van der Waals surface area contributed by atoms with Gasteiger partial charge < -0.3 is 10.5 Å². The zero-order valence-corrected chi connectivity index (χ0v) is 12.6. The lowest BCUT2D eigenvalue weighted by atomic mass is 9.81. The van der Waals surface area contributed by atoms with E-state index in [1.165, 1.54) is 16.7 Å². The van der Waals surface area contributed by atoms with Gasteiger partial charge in [0, 0.05) is 24.6 Å². The summed E-state index contributed by atoms with van der Waals surface area (Å²) in [4.78, 5) is 46.9. The van der Waals surface area contributed by atoms with E-state index in [1.807, 2.05) is 0 Å². The Morgan fingerprint density at radius 1 is 1.29 bits per heavy atom. The van der Waals surface area contributed by atoms with Gasteiger partial charge >= 0.3 is 0 Å². The third kappa shape index (κ3) is 3.84. The largest absolute Gasteiger partial charge is 0.369 e. The molecule has 1 aliphatic carbocycles. The molecule has 0 spiro atoms. The Hall–Kier alpha value is -1.37. The van der Waals surface area contributed by atoms with Gasteiger partial charge in [-0.25, -0.2) is 0 Å². The molecular formula is C14H20N2O4S. The molecule has 2 rings (SSSR count). The molecule has 0 aromatic heterocycles. The molecular weight excluding hydrogens is 292 g/mol. The molecule has 21 heavy (non-hydrogen) atoms. The third-order valence-electron chi connectivity index (χ3n) is 4.26. The van der Waals surface area contributed by atoms with E-state index in [0.29, 0.717) is 6.54 Å². The Kier molecular flexibility index (Phi) is 5.39. The summed E-state index contributed by atoms with van der Waals surface area (Å²) in [6, 6.07) is 0. The number of amides is 3. The molecule has 1 heterocycles. The van der Waals surface area contributed by atoms with E-state index in [4.69, 9.17) is 5.73 Å². The number of rotatable bonds is 6. The number of imide groups is 1. The summed E-state index contributed by atoms with van der Waals surface area (Å²) < 4.78 is 0. The minimum Gasteiger partial charge on any atom is -0.369 e. The number of likely N-dealkylation sites (tertiary alicyclic amines) is 1. The summed E-state index contributed by atoms with van der Waals surface area (Å²) in [5, 5.41) is -0.412. The van der Waals surface area contributed by atoms with Gasteiger partial charge in [-0.05, 0) is 31.6 Å². The average molecular weight is 312 g/mol. The van der Waals surface area contributed by atoms with Crippen LogP contribution in [0.25, 0.3) is 0 Å². The molecule has 2 fully saturated rings. The van der Waals surface area contributed by atoms with E-state index in [9.17, 15) is 19.2 Å². The minimum atomic E-state index is -0.412. The molecule has 3 amide bonds. The Morgan fingerprint density at radius 3 is 2.52 bits per heavy atom. The Morgan fingerprint density at radius 2 is 1.95 bits per heavy atom. The van der Waals surface area contributed by atoms with Gasteiger partial charge in [0.15, 0.2) is 0 Å². The van der Waals surface area contributed by atoms with E-state index in [0.717, 1.165) is 32.0 Å². The maximum absolute atomic E-state index is 12.2. The molecule has 1 atom stereocenters. The van der Waals surface area contributed by atoms with Crippen LogP contribution in [0.2, 0.25) is 0 Å². The van der Waals surface area contributed by atoms with Crippen molar-refractivity contribution < 1.29 is 19.2 Å². The quantitative estimate of drug-likeness (QED) is 0.563. The summed E-state index contributed by atoms with van der Waals surface area (Å²) >= 11 is 1.22. The molecule has 7 heteroatoms. The molecule has 0 aromatic rings. The highest BCUT2D eigenvalue weighted by molar-refractivity contribution is 8.01. The van der Waals surface area contributed by atoms with Crippen molar-refractivity contribution in [1.82, 2.24) is 4.90 Å². The van der Waals surface area contributed by atoms with Crippen LogP contribution in [-0.4, -0.2) is 46.5 Å². The first-order valence-corrected chi connectivity index (χ1v) is 8.26. The van der Waals surface area contributed by atoms with E-state index >= 15 is 0 Å². The molecule has 1 saturated heterocycles. The van der Waals surface area contributed by atoms with Gasteiger partial charge in [-0.1, -0.05) is 0 Å². The second-order valence-electron chi connectivity index (χ2n) is 5.66. The van der Waals surface area contributed by atoms with Crippen LogP contribution in [0.4, 0.5) is 0 Å². The lowest BCUT2D eigenvalue weighted by Gasteiger charge is -2.29. The third-order valence-corrected chi connectivity index (χ3v) is 5.36. The second-order valence-corrected chi connectivity index (χ2v) is 6.89. The summed E-state index contributed by atoms with van der Waals surface area (Å²) in [5.74, 6) is -0.164. The van der Waals surface area contributed by atoms with Gasteiger partial charge in [0.1, 0.15) is 6.29 Å². The number of primary amides is 1. The van der Waals surface area contributed by atoms with Crippen LogP contribution >= 0.6 is 11.8 Å². The van der Waals surface area contributed by atoms with Gasteiger partial charge in [-0.15, -0.1) is 11.8 Å². The lowest BCUT2D eigenvalue weighted by Crippen LogP contribution is -2.38. The van der Waals surface area contributed by atoms with Crippen LogP contribution in [-0.2, 0) is 19.2 Å². The summed E-state index contributed by atoms with van der Waals surface area (Å²) in [7, 11) is 0. The highest BCUT2D eigenvalue weighted by atomic mass is 32.2. The predicted molar refractivity (Wildman–Crippen MR) is 78.3 cm³/mol. The van der Waals surface area contributed by atoms with Crippen molar-refractivity contribution >= 4 is 35.8 Å². The summed E-state index contributed by atoms with van der Waals surface area (Å²) in [6.45, 7) is 0.432. The zero-order valence-electron chi connectivity index (χ0n) is 11.8. The van der Waals surface area contributed by atoms with Crippen molar-refractivity contribution in [1.29, 1.82) is 0 Å². The highest BCUT2D eigenvalue weighted by Gasteiger charge is 2.40. The minimum absolute atomic E-state index is 0.0675. The van der Waals surface area contributed by atoms with Gasteiger partial charge in [0.2, 0.25) is 17.7 Å². The Labute approximate surface area is 127 Å². The van der Waals surface area contributed by atoms with Crippen LogP contribution in [0.5, 0.6) is 0 Å². The smallest absolute Gasteiger partial charge is 0.242 e. The number of carbonyl (C=O) groups is 4. The van der Waals surface area contributed by atoms with Crippen LogP contribution < -0.4 is 5.73 Å². The van der Waals surface area contributed by atoms with Crippen LogP contribution in [0, 0.1) is 11.8 Å². The average Bonchev–Trinajstić information content (AvgIpc) is 2.73. The van der Waals surface area contributed by atoms with Gasteiger partial charge in [-0.3, -0.25) is 19.3 Å². The van der Waals surface area contributed by atoms with Crippen LogP contribution in [0.1, 0.15) is 32.1 Å². The van der Waals surface area contributed by atoms with Gasteiger partial charge in [0.25, 0.3) is 0 Å². The van der Waals surface area contributed by atoms with Crippen molar-refractivity contribution in [3.05, 3.63) is 0 Å². The molecule has 1 saturated carbocycles. The van der Waals surface area contributed by atoms with E-state index < -0.39 is 5.25 Å². The van der Waals surface area contributed by atoms with Crippen molar-refractivity contribution in [2.24, 2.45) is 17.6 Å². The number of carbonyl (C=O) groups excluding carboxylic acids is 4. The molecule has 0 bridgehead atoms. The maximum atomic E-state index is 12.2. The predicted octanol–water partition coefficient (Wildman–Crippen LogP) is 0.338. The van der Waals surface area contributed by atoms with Crippen molar-refractivity contribution in [3.63, 3.8) is 0 Å². The van der Waals surface area contributed by atoms with E-state index in [2.05, 4.69) is 0 Å². The SMILES string of the molecule is NC(=O)C1CCC(CN2C(=O)CC(SCC=O)C2=O)CC1. The van der Waals surface area contributed by atoms with E-state index in [1.54, 1.807) is 0 Å². The number of aldehydes is 1. The zero-order chi connectivity index (χ0) is 15.4. The molecule has 116 valence electrons. The maximum Gasteiger partial charge on any atom is 0.242 e. The number of nitrogens with two attached hydrogens (primary N) is 1.